The number of nitrogens with zero attached hydrogens (tertiary/aromatic N) is 4. The summed E-state index contributed by atoms with van der Waals surface area (Å²) >= 11 is 0. The number of benzene rings is 3. The fraction of sp³-hybridized carbons (Fsp3) is 0.290. The van der Waals surface area contributed by atoms with Crippen molar-refractivity contribution in [1.29, 1.82) is 0 Å². The fourth-order valence-corrected chi connectivity index (χ4v) is 6.78. The molecule has 2 aromatic heterocycles. The molecule has 1 aliphatic rings. The minimum Gasteiger partial charge on any atom is -0.460 e. The van der Waals surface area contributed by atoms with Gasteiger partial charge in [0.25, 0.3) is 0 Å². The predicted molar refractivity (Wildman–Crippen MR) is 166 cm³/mol. The first-order valence-corrected chi connectivity index (χ1v) is 16.0. The Kier molecular flexibility index (Phi) is 8.75. The Balaban J connectivity index is 1.23. The van der Waals surface area contributed by atoms with Crippen molar-refractivity contribution in [2.24, 2.45) is 0 Å². The van der Waals surface area contributed by atoms with E-state index in [0.717, 1.165) is 10.9 Å². The van der Waals surface area contributed by atoms with Crippen LogP contribution in [0.2, 0.25) is 0 Å². The molecule has 240 valence electrons. The lowest BCUT2D eigenvalue weighted by Gasteiger charge is -2.26. The van der Waals surface area contributed by atoms with E-state index in [9.17, 15) is 19.6 Å². The number of nitrogen functional groups attached to an aromatic ring is 1. The lowest BCUT2D eigenvalue weighted by Crippen LogP contribution is -2.43. The van der Waals surface area contributed by atoms with Gasteiger partial charge in [0.1, 0.15) is 48.6 Å². The van der Waals surface area contributed by atoms with Gasteiger partial charge in [-0.25, -0.2) is 19.0 Å². The first-order valence-electron chi connectivity index (χ1n) is 14.5. The van der Waals surface area contributed by atoms with Crippen molar-refractivity contribution in [2.45, 2.75) is 50.4 Å². The summed E-state index contributed by atoms with van der Waals surface area (Å²) < 4.78 is 39.0. The lowest BCUT2D eigenvalue weighted by atomic mass is 9.91. The third-order valence-corrected chi connectivity index (χ3v) is 9.35. The Morgan fingerprint density at radius 1 is 1.13 bits per heavy atom. The smallest absolute Gasteiger partial charge is 0.459 e. The van der Waals surface area contributed by atoms with Crippen LogP contribution in [0.3, 0.4) is 0 Å². The second-order valence-corrected chi connectivity index (χ2v) is 12.8. The first-order chi connectivity index (χ1) is 22.1. The summed E-state index contributed by atoms with van der Waals surface area (Å²) in [6.07, 6.45) is -1.17. The number of ether oxygens (including phenoxy) is 2. The number of aliphatic hydroxyl groups excluding tert-OH is 1. The van der Waals surface area contributed by atoms with Crippen LogP contribution in [0.1, 0.15) is 31.2 Å². The monoisotopic (exact) mass is 648 g/mol. The molecule has 0 saturated carbocycles. The Morgan fingerprint density at radius 2 is 1.87 bits per heavy atom. The summed E-state index contributed by atoms with van der Waals surface area (Å²) in [5.74, 6) is -0.337. The maximum atomic E-state index is 14.4. The highest BCUT2D eigenvalue weighted by Gasteiger charge is 2.54. The number of esters is 1. The van der Waals surface area contributed by atoms with Crippen molar-refractivity contribution in [1.82, 2.24) is 24.7 Å². The van der Waals surface area contributed by atoms with Crippen molar-refractivity contribution in [3.63, 3.8) is 0 Å². The highest BCUT2D eigenvalue weighted by atomic mass is 31.2. The van der Waals surface area contributed by atoms with Gasteiger partial charge >= 0.3 is 13.7 Å². The highest BCUT2D eigenvalue weighted by Crippen LogP contribution is 2.49. The molecule has 1 unspecified atom stereocenters. The van der Waals surface area contributed by atoms with Crippen LogP contribution in [0, 0.1) is 0 Å². The number of carbonyl (C=O) groups is 1. The van der Waals surface area contributed by atoms with Crippen molar-refractivity contribution < 1.29 is 38.1 Å². The number of nitrogens with two attached hydrogens (primary N) is 1. The van der Waals surface area contributed by atoms with Gasteiger partial charge in [-0.1, -0.05) is 66.7 Å². The van der Waals surface area contributed by atoms with Crippen LogP contribution in [0.4, 0.5) is 5.82 Å². The molecule has 5 aromatic rings. The van der Waals surface area contributed by atoms with Gasteiger partial charge in [-0.15, -0.1) is 0 Å². The number of nitrogens with one attached hydrogen (secondary N) is 1. The van der Waals surface area contributed by atoms with E-state index in [1.54, 1.807) is 18.2 Å². The van der Waals surface area contributed by atoms with E-state index in [4.69, 9.17) is 24.3 Å². The summed E-state index contributed by atoms with van der Waals surface area (Å²) in [7, 11) is -4.38. The van der Waals surface area contributed by atoms with Crippen LogP contribution in [0.5, 0.6) is 5.75 Å². The Bertz CT molecular complexity index is 1900. The maximum absolute atomic E-state index is 14.4. The summed E-state index contributed by atoms with van der Waals surface area (Å²) in [6, 6.07) is 20.6. The molecule has 14 nitrogen and oxygen atoms in total. The van der Waals surface area contributed by atoms with Gasteiger partial charge in [0.05, 0.1) is 18.5 Å². The molecule has 0 radical (unpaired) electrons. The number of hydrogen-bond acceptors (Lipinski definition) is 12. The molecule has 6 rings (SSSR count). The van der Waals surface area contributed by atoms with Gasteiger partial charge in [0.2, 0.25) is 0 Å². The molecule has 3 heterocycles. The predicted octanol–water partition coefficient (Wildman–Crippen LogP) is 3.34. The summed E-state index contributed by atoms with van der Waals surface area (Å²) in [5, 5.41) is 30.7. The molecule has 0 spiro atoms. The molecular formula is C31H33N6O8P. The van der Waals surface area contributed by atoms with Gasteiger partial charge in [-0.3, -0.25) is 9.32 Å². The van der Waals surface area contributed by atoms with Gasteiger partial charge < -0.3 is 29.9 Å². The lowest BCUT2D eigenvalue weighted by molar-refractivity contribution is -0.146. The first kappa shape index (κ1) is 31.5. The van der Waals surface area contributed by atoms with E-state index in [2.05, 4.69) is 20.2 Å². The van der Waals surface area contributed by atoms with E-state index in [1.807, 2.05) is 54.6 Å². The van der Waals surface area contributed by atoms with Crippen molar-refractivity contribution in [2.75, 3.05) is 12.3 Å². The second-order valence-electron chi connectivity index (χ2n) is 11.1. The van der Waals surface area contributed by atoms with Crippen molar-refractivity contribution in [3.05, 3.63) is 96.6 Å². The zero-order valence-corrected chi connectivity index (χ0v) is 25.9. The van der Waals surface area contributed by atoms with Gasteiger partial charge in [0.15, 0.2) is 11.5 Å². The fourth-order valence-electron chi connectivity index (χ4n) is 5.26. The van der Waals surface area contributed by atoms with Gasteiger partial charge in [0, 0.05) is 5.39 Å². The standard InChI is InChI=1S/C31H33N6O8P/c1-19(30(39)42-16-20-9-4-3-5-10-20)36-46(41,45-24-14-8-12-21-11-6-7-13-22(21)24)43-17-25-26(38)31(2,40)27(44-25)23-15-33-29-28(32)34-18-35-37(23)29/h3-15,18-19,25-27,38,40H,16-17H2,1-2H3,(H,36,41)(H2,32,34,35)/t19-,25+,26+,27-,31+,46?/m0/s1. The zero-order valence-electron chi connectivity index (χ0n) is 25.0. The molecule has 1 saturated heterocycles. The number of rotatable bonds is 11. The van der Waals surface area contributed by atoms with Crippen LogP contribution in [-0.4, -0.2) is 66.2 Å². The topological polar surface area (TPSA) is 193 Å². The Hall–Kier alpha value is -4.43. The average molecular weight is 649 g/mol. The summed E-state index contributed by atoms with van der Waals surface area (Å²) in [4.78, 5) is 21.0. The molecule has 0 bridgehead atoms. The number of aromatic nitrogens is 4. The molecule has 0 aliphatic carbocycles. The SMILES string of the molecule is C[C@H](NP(=O)(OC[C@H]1O[C@@H](c2cnc3c(N)ncnn23)[C@](C)(O)[C@@H]1O)Oc1cccc2ccccc12)C(=O)OCc1ccccc1. The normalized spacial score (nSPS) is 23.3. The van der Waals surface area contributed by atoms with E-state index in [0.29, 0.717) is 11.1 Å². The molecule has 46 heavy (non-hydrogen) atoms. The highest BCUT2D eigenvalue weighted by molar-refractivity contribution is 7.52. The van der Waals surface area contributed by atoms with E-state index >= 15 is 0 Å². The molecular weight excluding hydrogens is 615 g/mol. The maximum Gasteiger partial charge on any atom is 0.459 e. The van der Waals surface area contributed by atoms with E-state index in [1.165, 1.54) is 30.9 Å². The minimum absolute atomic E-state index is 0.0133. The van der Waals surface area contributed by atoms with Crippen molar-refractivity contribution >= 4 is 36.0 Å². The van der Waals surface area contributed by atoms with Crippen molar-refractivity contribution in [3.8, 4) is 5.75 Å². The molecule has 15 heteroatoms. The average Bonchev–Trinajstić information content (AvgIpc) is 3.57. The van der Waals surface area contributed by atoms with Gasteiger partial charge in [-0.05, 0) is 30.9 Å². The Morgan fingerprint density at radius 3 is 2.67 bits per heavy atom. The number of anilines is 1. The van der Waals surface area contributed by atoms with E-state index in [-0.39, 0.29) is 23.8 Å². The number of aliphatic hydroxyl groups is 2. The van der Waals surface area contributed by atoms with Crippen LogP contribution in [0.25, 0.3) is 16.4 Å². The van der Waals surface area contributed by atoms with E-state index < -0.39 is 50.3 Å². The zero-order chi connectivity index (χ0) is 32.5. The third kappa shape index (κ3) is 6.31. The van der Waals surface area contributed by atoms with Crippen LogP contribution < -0.4 is 15.3 Å². The second kappa shape index (κ2) is 12.8. The molecule has 6 atom stereocenters. The molecule has 1 aliphatic heterocycles. The summed E-state index contributed by atoms with van der Waals surface area (Å²) in [5.41, 5.74) is 5.39. The van der Waals surface area contributed by atoms with Gasteiger partial charge in [-0.2, -0.15) is 10.2 Å². The van der Waals surface area contributed by atoms with Crippen LogP contribution >= 0.6 is 7.75 Å². The quantitative estimate of drug-likeness (QED) is 0.121. The molecule has 0 amide bonds. The summed E-state index contributed by atoms with van der Waals surface area (Å²) in [6.45, 7) is 2.37. The molecule has 5 N–H and O–H groups in total. The third-order valence-electron chi connectivity index (χ3n) is 7.72. The number of imidazole rings is 1. The number of carbonyl (C=O) groups excluding carboxylic acids is 1. The largest absolute Gasteiger partial charge is 0.460 e. The number of fused-ring (bicyclic) bond motifs is 2. The minimum atomic E-state index is -4.38. The number of hydrogen-bond donors (Lipinski definition) is 4. The molecule has 3 aromatic carbocycles. The Labute approximate surface area is 263 Å². The van der Waals surface area contributed by atoms with Crippen LogP contribution in [0.15, 0.2) is 85.3 Å². The molecule has 1 fully saturated rings. The van der Waals surface area contributed by atoms with Crippen LogP contribution in [-0.2, 0) is 30.0 Å².